The summed E-state index contributed by atoms with van der Waals surface area (Å²) in [5, 5.41) is 3.16. The Morgan fingerprint density at radius 2 is 1.88 bits per heavy atom. The molecule has 142 valence electrons. The van der Waals surface area contributed by atoms with Crippen molar-refractivity contribution in [1.29, 1.82) is 0 Å². The van der Waals surface area contributed by atoms with E-state index in [0.29, 0.717) is 18.0 Å². The van der Waals surface area contributed by atoms with E-state index in [1.54, 1.807) is 19.1 Å². The maximum atomic E-state index is 12.9. The molecule has 2 aliphatic rings. The van der Waals surface area contributed by atoms with E-state index in [1.165, 1.54) is 0 Å². The van der Waals surface area contributed by atoms with Crippen LogP contribution in [-0.2, 0) is 9.59 Å². The first kappa shape index (κ1) is 18.5. The fraction of sp³-hybridized carbons (Fsp3) is 0.600. The summed E-state index contributed by atoms with van der Waals surface area (Å²) in [6, 6.07) is 5.61. The lowest BCUT2D eigenvalue weighted by Gasteiger charge is -2.28. The number of carbonyl (C=O) groups is 2. The molecule has 1 aliphatic carbocycles. The first-order chi connectivity index (χ1) is 12.6. The van der Waals surface area contributed by atoms with Crippen LogP contribution < -0.4 is 14.8 Å². The van der Waals surface area contributed by atoms with Crippen molar-refractivity contribution in [1.82, 2.24) is 10.2 Å². The quantitative estimate of drug-likeness (QED) is 0.847. The molecule has 1 saturated heterocycles. The predicted molar refractivity (Wildman–Crippen MR) is 98.2 cm³/mol. The smallest absolute Gasteiger partial charge is 0.226 e. The molecule has 1 heterocycles. The summed E-state index contributed by atoms with van der Waals surface area (Å²) >= 11 is 0. The van der Waals surface area contributed by atoms with Gasteiger partial charge in [-0.2, -0.15) is 0 Å². The van der Waals surface area contributed by atoms with Crippen molar-refractivity contribution < 1.29 is 19.1 Å². The van der Waals surface area contributed by atoms with Gasteiger partial charge in [0.05, 0.1) is 26.2 Å². The summed E-state index contributed by atoms with van der Waals surface area (Å²) in [7, 11) is 3.18. The fourth-order valence-corrected chi connectivity index (χ4v) is 4.23. The van der Waals surface area contributed by atoms with E-state index in [0.717, 1.165) is 31.2 Å². The molecule has 0 spiro atoms. The highest BCUT2D eigenvalue weighted by atomic mass is 16.5. The van der Waals surface area contributed by atoms with Crippen molar-refractivity contribution in [2.24, 2.45) is 5.92 Å². The number of amides is 2. The number of ether oxygens (including phenoxy) is 2. The molecule has 3 rings (SSSR count). The van der Waals surface area contributed by atoms with Crippen LogP contribution in [0.2, 0.25) is 0 Å². The molecule has 26 heavy (non-hydrogen) atoms. The van der Waals surface area contributed by atoms with Crippen LogP contribution in [0.1, 0.15) is 50.6 Å². The lowest BCUT2D eigenvalue weighted by atomic mass is 9.92. The second-order valence-electron chi connectivity index (χ2n) is 7.04. The Hall–Kier alpha value is -2.24. The molecule has 1 saturated carbocycles. The zero-order valence-corrected chi connectivity index (χ0v) is 15.8. The van der Waals surface area contributed by atoms with Crippen LogP contribution in [-0.4, -0.2) is 43.5 Å². The Labute approximate surface area is 154 Å². The molecule has 0 bridgehead atoms. The number of nitrogens with zero attached hydrogens (tertiary/aromatic N) is 1. The summed E-state index contributed by atoms with van der Waals surface area (Å²) in [6.07, 6.45) is 4.64. The Bertz CT molecular complexity index is 670. The summed E-state index contributed by atoms with van der Waals surface area (Å²) in [4.78, 5) is 27.2. The van der Waals surface area contributed by atoms with E-state index >= 15 is 0 Å². The van der Waals surface area contributed by atoms with E-state index in [4.69, 9.17) is 9.47 Å². The predicted octanol–water partition coefficient (Wildman–Crippen LogP) is 2.67. The molecule has 2 fully saturated rings. The molecule has 1 aromatic rings. The number of hydrogen-bond donors (Lipinski definition) is 1. The Morgan fingerprint density at radius 3 is 2.50 bits per heavy atom. The van der Waals surface area contributed by atoms with Gasteiger partial charge in [-0.1, -0.05) is 18.9 Å². The van der Waals surface area contributed by atoms with Crippen molar-refractivity contribution in [2.45, 2.75) is 51.1 Å². The molecular weight excluding hydrogens is 332 g/mol. The normalized spacial score (nSPS) is 23.3. The van der Waals surface area contributed by atoms with Crippen LogP contribution in [0.5, 0.6) is 11.5 Å². The van der Waals surface area contributed by atoms with Crippen LogP contribution in [0.3, 0.4) is 0 Å². The number of rotatable bonds is 6. The Balaban J connectivity index is 1.88. The van der Waals surface area contributed by atoms with Gasteiger partial charge < -0.3 is 19.7 Å². The summed E-state index contributed by atoms with van der Waals surface area (Å²) < 4.78 is 10.7. The van der Waals surface area contributed by atoms with Gasteiger partial charge in [-0.3, -0.25) is 9.59 Å². The summed E-state index contributed by atoms with van der Waals surface area (Å²) in [5.41, 5.74) is 0.905. The van der Waals surface area contributed by atoms with E-state index in [2.05, 4.69) is 5.32 Å². The monoisotopic (exact) mass is 360 g/mol. The Morgan fingerprint density at radius 1 is 1.19 bits per heavy atom. The van der Waals surface area contributed by atoms with Crippen LogP contribution in [0.4, 0.5) is 0 Å². The molecule has 2 atom stereocenters. The minimum absolute atomic E-state index is 0.0130. The summed E-state index contributed by atoms with van der Waals surface area (Å²) in [6.45, 7) is 2.52. The van der Waals surface area contributed by atoms with E-state index in [-0.39, 0.29) is 36.2 Å². The molecule has 1 aliphatic heterocycles. The van der Waals surface area contributed by atoms with Crippen LogP contribution in [0, 0.1) is 5.92 Å². The average molecular weight is 360 g/mol. The highest BCUT2D eigenvalue weighted by Gasteiger charge is 2.44. The zero-order valence-electron chi connectivity index (χ0n) is 15.8. The molecule has 0 unspecified atom stereocenters. The van der Waals surface area contributed by atoms with Crippen molar-refractivity contribution in [2.75, 3.05) is 20.8 Å². The third-order valence-electron chi connectivity index (χ3n) is 5.56. The second-order valence-corrected chi connectivity index (χ2v) is 7.04. The first-order valence-corrected chi connectivity index (χ1v) is 9.40. The van der Waals surface area contributed by atoms with Gasteiger partial charge in [0.15, 0.2) is 11.5 Å². The number of methoxy groups -OCH3 is 2. The van der Waals surface area contributed by atoms with Gasteiger partial charge >= 0.3 is 0 Å². The fourth-order valence-electron chi connectivity index (χ4n) is 4.23. The minimum Gasteiger partial charge on any atom is -0.493 e. The van der Waals surface area contributed by atoms with Gasteiger partial charge in [0.1, 0.15) is 0 Å². The third kappa shape index (κ3) is 3.50. The topological polar surface area (TPSA) is 67.9 Å². The number of carbonyl (C=O) groups excluding carboxylic acids is 2. The van der Waals surface area contributed by atoms with Crippen LogP contribution in [0.15, 0.2) is 18.2 Å². The lowest BCUT2D eigenvalue weighted by Crippen LogP contribution is -2.39. The standard InChI is InChI=1S/C20H28N2O4/c1-4-22-18(23)12-15(20(24)21-14-7-5-6-8-14)19(22)13-9-10-16(25-2)17(11-13)26-3/h9-11,14-15,19H,4-8,12H2,1-3H3,(H,21,24)/t15-,19+/m1/s1. The van der Waals surface area contributed by atoms with Crippen molar-refractivity contribution in [3.05, 3.63) is 23.8 Å². The van der Waals surface area contributed by atoms with Gasteiger partial charge in [0.25, 0.3) is 0 Å². The van der Waals surface area contributed by atoms with Gasteiger partial charge in [-0.25, -0.2) is 0 Å². The molecule has 1 aromatic carbocycles. The molecule has 0 aromatic heterocycles. The van der Waals surface area contributed by atoms with Gasteiger partial charge in [-0.15, -0.1) is 0 Å². The number of benzene rings is 1. The SMILES string of the molecule is CCN1C(=O)C[C@@H](C(=O)NC2CCCC2)[C@@H]1c1ccc(OC)c(OC)c1. The zero-order chi connectivity index (χ0) is 18.7. The molecule has 0 radical (unpaired) electrons. The molecule has 1 N–H and O–H groups in total. The number of hydrogen-bond acceptors (Lipinski definition) is 4. The maximum Gasteiger partial charge on any atom is 0.226 e. The van der Waals surface area contributed by atoms with Gasteiger partial charge in [0.2, 0.25) is 11.8 Å². The van der Waals surface area contributed by atoms with Crippen LogP contribution >= 0.6 is 0 Å². The molecule has 6 nitrogen and oxygen atoms in total. The second kappa shape index (κ2) is 7.98. The first-order valence-electron chi connectivity index (χ1n) is 9.40. The summed E-state index contributed by atoms with van der Waals surface area (Å²) in [5.74, 6) is 0.881. The minimum atomic E-state index is -0.374. The van der Waals surface area contributed by atoms with Crippen molar-refractivity contribution in [3.63, 3.8) is 0 Å². The average Bonchev–Trinajstić information content (AvgIpc) is 3.28. The highest BCUT2D eigenvalue weighted by Crippen LogP contribution is 2.41. The van der Waals surface area contributed by atoms with Crippen LogP contribution in [0.25, 0.3) is 0 Å². The molecule has 2 amide bonds. The number of likely N-dealkylation sites (tertiary alicyclic amines) is 1. The maximum absolute atomic E-state index is 12.9. The Kier molecular flexibility index (Phi) is 5.69. The number of nitrogens with one attached hydrogen (secondary N) is 1. The van der Waals surface area contributed by atoms with Gasteiger partial charge in [-0.05, 0) is 37.5 Å². The molecule has 6 heteroatoms. The third-order valence-corrected chi connectivity index (χ3v) is 5.56. The highest BCUT2D eigenvalue weighted by molar-refractivity contribution is 5.90. The van der Waals surface area contributed by atoms with Gasteiger partial charge in [0, 0.05) is 19.0 Å². The van der Waals surface area contributed by atoms with E-state index in [1.807, 2.05) is 25.1 Å². The van der Waals surface area contributed by atoms with Crippen molar-refractivity contribution in [3.8, 4) is 11.5 Å². The van der Waals surface area contributed by atoms with Crippen molar-refractivity contribution >= 4 is 11.8 Å². The van der Waals surface area contributed by atoms with E-state index < -0.39 is 0 Å². The molecular formula is C20H28N2O4. The largest absolute Gasteiger partial charge is 0.493 e. The van der Waals surface area contributed by atoms with E-state index in [9.17, 15) is 9.59 Å². The lowest BCUT2D eigenvalue weighted by molar-refractivity contribution is -0.129.